The van der Waals surface area contributed by atoms with E-state index in [2.05, 4.69) is 53.5 Å². The van der Waals surface area contributed by atoms with E-state index >= 15 is 0 Å². The molecule has 0 unspecified atom stereocenters. The van der Waals surface area contributed by atoms with E-state index in [9.17, 15) is 4.79 Å². The number of amides is 1. The standard InChI is InChI=1S/C19H21N3OS2/c1-13-4-9-16-17(10-13)21-19(20-16)25-12-18(23)22(2)11-14-5-7-15(24-3)8-6-14/h4-10H,11-12H2,1-3H3,(H,20,21). The van der Waals surface area contributed by atoms with Gasteiger partial charge in [0.15, 0.2) is 5.16 Å². The summed E-state index contributed by atoms with van der Waals surface area (Å²) in [6.45, 7) is 2.67. The number of hydrogen-bond donors (Lipinski definition) is 1. The maximum atomic E-state index is 12.4. The third-order valence-electron chi connectivity index (χ3n) is 3.95. The highest BCUT2D eigenvalue weighted by Crippen LogP contribution is 2.21. The molecule has 25 heavy (non-hydrogen) atoms. The fourth-order valence-corrected chi connectivity index (χ4v) is 3.74. The number of H-pyrrole nitrogens is 1. The number of aromatic amines is 1. The molecular formula is C19H21N3OS2. The highest BCUT2D eigenvalue weighted by atomic mass is 32.2. The number of imidazole rings is 1. The molecule has 0 spiro atoms. The number of aryl methyl sites for hydroxylation is 1. The molecule has 0 radical (unpaired) electrons. The van der Waals surface area contributed by atoms with E-state index in [0.29, 0.717) is 12.3 Å². The highest BCUT2D eigenvalue weighted by Gasteiger charge is 2.12. The summed E-state index contributed by atoms with van der Waals surface area (Å²) in [7, 11) is 1.84. The first-order chi connectivity index (χ1) is 12.0. The minimum atomic E-state index is 0.0931. The predicted octanol–water partition coefficient (Wildman–Crippen LogP) is 4.34. The van der Waals surface area contributed by atoms with Gasteiger partial charge in [0.2, 0.25) is 5.91 Å². The molecule has 3 aromatic rings. The Morgan fingerprint density at radius 2 is 1.96 bits per heavy atom. The van der Waals surface area contributed by atoms with E-state index in [4.69, 9.17) is 0 Å². The Balaban J connectivity index is 1.56. The highest BCUT2D eigenvalue weighted by molar-refractivity contribution is 7.99. The Bertz CT molecular complexity index is 874. The van der Waals surface area contributed by atoms with Crippen molar-refractivity contribution in [3.8, 4) is 0 Å². The van der Waals surface area contributed by atoms with Crippen molar-refractivity contribution in [1.82, 2.24) is 14.9 Å². The van der Waals surface area contributed by atoms with Crippen LogP contribution in [0.15, 0.2) is 52.5 Å². The van der Waals surface area contributed by atoms with Gasteiger partial charge in [0.1, 0.15) is 0 Å². The molecular weight excluding hydrogens is 350 g/mol. The van der Waals surface area contributed by atoms with Gasteiger partial charge in [-0.05, 0) is 48.6 Å². The van der Waals surface area contributed by atoms with Crippen LogP contribution in [0, 0.1) is 6.92 Å². The third kappa shape index (κ3) is 4.58. The summed E-state index contributed by atoms with van der Waals surface area (Å²) in [5.41, 5.74) is 4.27. The number of thioether (sulfide) groups is 2. The van der Waals surface area contributed by atoms with E-state index in [1.165, 1.54) is 22.2 Å². The van der Waals surface area contributed by atoms with E-state index in [1.54, 1.807) is 16.7 Å². The van der Waals surface area contributed by atoms with Crippen LogP contribution in [-0.2, 0) is 11.3 Å². The van der Waals surface area contributed by atoms with E-state index in [0.717, 1.165) is 21.8 Å². The van der Waals surface area contributed by atoms with Gasteiger partial charge in [0, 0.05) is 18.5 Å². The van der Waals surface area contributed by atoms with Crippen molar-refractivity contribution < 1.29 is 4.79 Å². The molecule has 1 aromatic heterocycles. The van der Waals surface area contributed by atoms with Crippen LogP contribution in [0.3, 0.4) is 0 Å². The zero-order valence-corrected chi connectivity index (χ0v) is 16.2. The van der Waals surface area contributed by atoms with Crippen molar-refractivity contribution in [2.24, 2.45) is 0 Å². The predicted molar refractivity (Wildman–Crippen MR) is 106 cm³/mol. The lowest BCUT2D eigenvalue weighted by Crippen LogP contribution is -2.27. The number of benzene rings is 2. The molecule has 0 aliphatic rings. The first-order valence-electron chi connectivity index (χ1n) is 8.01. The summed E-state index contributed by atoms with van der Waals surface area (Å²) in [6, 6.07) is 14.4. The van der Waals surface area contributed by atoms with Gasteiger partial charge >= 0.3 is 0 Å². The summed E-state index contributed by atoms with van der Waals surface area (Å²) >= 11 is 3.16. The molecule has 6 heteroatoms. The summed E-state index contributed by atoms with van der Waals surface area (Å²) in [6.07, 6.45) is 2.06. The molecule has 0 saturated heterocycles. The van der Waals surface area contributed by atoms with E-state index in [-0.39, 0.29) is 5.91 Å². The summed E-state index contributed by atoms with van der Waals surface area (Å²) in [4.78, 5) is 23.2. The molecule has 1 N–H and O–H groups in total. The topological polar surface area (TPSA) is 49.0 Å². The number of nitrogens with one attached hydrogen (secondary N) is 1. The molecule has 2 aromatic carbocycles. The van der Waals surface area contributed by atoms with Crippen molar-refractivity contribution in [1.29, 1.82) is 0 Å². The number of hydrogen-bond acceptors (Lipinski definition) is 4. The van der Waals surface area contributed by atoms with Crippen LogP contribution >= 0.6 is 23.5 Å². The van der Waals surface area contributed by atoms with Gasteiger partial charge < -0.3 is 9.88 Å². The number of nitrogens with zero attached hydrogens (tertiary/aromatic N) is 2. The van der Waals surface area contributed by atoms with E-state index in [1.807, 2.05) is 19.2 Å². The minimum Gasteiger partial charge on any atom is -0.341 e. The number of fused-ring (bicyclic) bond motifs is 1. The second-order valence-electron chi connectivity index (χ2n) is 5.95. The molecule has 4 nitrogen and oxygen atoms in total. The van der Waals surface area contributed by atoms with Gasteiger partial charge in [-0.1, -0.05) is 30.0 Å². The Morgan fingerprint density at radius 3 is 2.68 bits per heavy atom. The molecule has 1 amide bonds. The van der Waals surface area contributed by atoms with E-state index < -0.39 is 0 Å². The lowest BCUT2D eigenvalue weighted by Gasteiger charge is -2.17. The molecule has 0 bridgehead atoms. The molecule has 3 rings (SSSR count). The number of aromatic nitrogens is 2. The van der Waals surface area contributed by atoms with Gasteiger partial charge in [-0.15, -0.1) is 11.8 Å². The van der Waals surface area contributed by atoms with Gasteiger partial charge in [0.25, 0.3) is 0 Å². The summed E-state index contributed by atoms with van der Waals surface area (Å²) in [5.74, 6) is 0.466. The fraction of sp³-hybridized carbons (Fsp3) is 0.263. The van der Waals surface area contributed by atoms with Gasteiger partial charge in [0.05, 0.1) is 16.8 Å². The molecule has 0 saturated carbocycles. The lowest BCUT2D eigenvalue weighted by molar-refractivity contribution is -0.127. The van der Waals surface area contributed by atoms with Crippen LogP contribution in [-0.4, -0.2) is 39.8 Å². The Hall–Kier alpha value is -1.92. The van der Waals surface area contributed by atoms with Crippen molar-refractivity contribution in [2.75, 3.05) is 19.1 Å². The average Bonchev–Trinajstić information content (AvgIpc) is 3.02. The summed E-state index contributed by atoms with van der Waals surface area (Å²) in [5, 5.41) is 0.784. The van der Waals surface area contributed by atoms with Crippen molar-refractivity contribution in [2.45, 2.75) is 23.5 Å². The van der Waals surface area contributed by atoms with Gasteiger partial charge in [-0.25, -0.2) is 4.98 Å². The van der Waals surface area contributed by atoms with Crippen LogP contribution in [0.25, 0.3) is 11.0 Å². The van der Waals surface area contributed by atoms with Crippen LogP contribution in [0.2, 0.25) is 0 Å². The molecule has 0 fully saturated rings. The zero-order chi connectivity index (χ0) is 17.8. The first kappa shape index (κ1) is 17.9. The number of carbonyl (C=O) groups is 1. The van der Waals surface area contributed by atoms with Crippen LogP contribution in [0.4, 0.5) is 0 Å². The smallest absolute Gasteiger partial charge is 0.233 e. The van der Waals surface area contributed by atoms with Crippen LogP contribution < -0.4 is 0 Å². The first-order valence-corrected chi connectivity index (χ1v) is 10.2. The minimum absolute atomic E-state index is 0.0931. The Labute approximate surface area is 156 Å². The molecule has 1 heterocycles. The van der Waals surface area contributed by atoms with Crippen molar-refractivity contribution in [3.63, 3.8) is 0 Å². The third-order valence-corrected chi connectivity index (χ3v) is 5.55. The monoisotopic (exact) mass is 371 g/mol. The Morgan fingerprint density at radius 1 is 1.20 bits per heavy atom. The van der Waals surface area contributed by atoms with Crippen molar-refractivity contribution >= 4 is 40.5 Å². The molecule has 0 aliphatic carbocycles. The van der Waals surface area contributed by atoms with Crippen molar-refractivity contribution in [3.05, 3.63) is 53.6 Å². The molecule has 0 aliphatic heterocycles. The lowest BCUT2D eigenvalue weighted by atomic mass is 10.2. The Kier molecular flexibility index (Phi) is 5.71. The van der Waals surface area contributed by atoms with Crippen LogP contribution in [0.5, 0.6) is 0 Å². The number of rotatable bonds is 6. The quantitative estimate of drug-likeness (QED) is 0.655. The summed E-state index contributed by atoms with van der Waals surface area (Å²) < 4.78 is 0. The zero-order valence-electron chi connectivity index (χ0n) is 14.6. The largest absolute Gasteiger partial charge is 0.341 e. The van der Waals surface area contributed by atoms with Gasteiger partial charge in [-0.3, -0.25) is 4.79 Å². The fourth-order valence-electron chi connectivity index (χ4n) is 2.50. The second kappa shape index (κ2) is 7.97. The normalized spacial score (nSPS) is 11.0. The number of carbonyl (C=O) groups excluding carboxylic acids is 1. The maximum absolute atomic E-state index is 12.4. The van der Waals surface area contributed by atoms with Gasteiger partial charge in [-0.2, -0.15) is 0 Å². The SMILES string of the molecule is CSc1ccc(CN(C)C(=O)CSc2nc3ccc(C)cc3[nH]2)cc1. The molecule has 130 valence electrons. The maximum Gasteiger partial charge on any atom is 0.233 e. The molecule has 0 atom stereocenters. The second-order valence-corrected chi connectivity index (χ2v) is 7.79. The van der Waals surface area contributed by atoms with Crippen LogP contribution in [0.1, 0.15) is 11.1 Å². The average molecular weight is 372 g/mol.